The molecule has 0 aliphatic heterocycles. The molecule has 2 heterocycles. The van der Waals surface area contributed by atoms with E-state index in [1.807, 2.05) is 0 Å². The molecule has 4 aromatic rings. The Morgan fingerprint density at radius 3 is 2.45 bits per heavy atom. The maximum atomic E-state index is 13.9. The molecular formula is C21H14F2N4O2. The highest BCUT2D eigenvalue weighted by atomic mass is 19.1. The molecule has 29 heavy (non-hydrogen) atoms. The summed E-state index contributed by atoms with van der Waals surface area (Å²) in [5.74, 6) is -2.47. The third kappa shape index (κ3) is 3.68. The van der Waals surface area contributed by atoms with Crippen LogP contribution in [0.4, 0.5) is 20.2 Å². The van der Waals surface area contributed by atoms with Gasteiger partial charge in [-0.2, -0.15) is 0 Å². The van der Waals surface area contributed by atoms with Crippen molar-refractivity contribution in [3.8, 4) is 0 Å². The number of hydrogen-bond acceptors (Lipinski definition) is 3. The van der Waals surface area contributed by atoms with Crippen LogP contribution < -0.4 is 10.6 Å². The average Bonchev–Trinajstić information content (AvgIpc) is 3.10. The number of benzene rings is 2. The minimum Gasteiger partial charge on any atom is -0.320 e. The molecule has 0 atom stereocenters. The number of halogens is 2. The summed E-state index contributed by atoms with van der Waals surface area (Å²) in [5.41, 5.74) is 0.606. The largest absolute Gasteiger partial charge is 0.320 e. The van der Waals surface area contributed by atoms with Crippen molar-refractivity contribution >= 4 is 28.7 Å². The van der Waals surface area contributed by atoms with E-state index in [2.05, 4.69) is 15.6 Å². The van der Waals surface area contributed by atoms with Gasteiger partial charge in [0.05, 0.1) is 11.2 Å². The molecule has 0 aliphatic rings. The van der Waals surface area contributed by atoms with Gasteiger partial charge in [-0.3, -0.25) is 14.0 Å². The molecule has 0 unspecified atom stereocenters. The van der Waals surface area contributed by atoms with Crippen LogP contribution in [0.5, 0.6) is 0 Å². The van der Waals surface area contributed by atoms with E-state index in [9.17, 15) is 18.4 Å². The number of amides is 2. The Morgan fingerprint density at radius 1 is 0.862 bits per heavy atom. The van der Waals surface area contributed by atoms with Gasteiger partial charge in [-0.15, -0.1) is 0 Å². The smallest absolute Gasteiger partial charge is 0.292 e. The topological polar surface area (TPSA) is 75.5 Å². The Hall–Kier alpha value is -4.07. The fourth-order valence-electron chi connectivity index (χ4n) is 2.86. The summed E-state index contributed by atoms with van der Waals surface area (Å²) >= 11 is 0. The fourth-order valence-corrected chi connectivity index (χ4v) is 2.86. The van der Waals surface area contributed by atoms with Crippen LogP contribution in [0.15, 0.2) is 72.9 Å². The molecule has 4 rings (SSSR count). The molecule has 2 N–H and O–H groups in total. The Balaban J connectivity index is 1.69. The highest BCUT2D eigenvalue weighted by molar-refractivity contribution is 6.10. The molecule has 0 saturated heterocycles. The maximum absolute atomic E-state index is 13.9. The van der Waals surface area contributed by atoms with E-state index in [-0.39, 0.29) is 22.9 Å². The molecule has 0 aliphatic carbocycles. The Kier molecular flexibility index (Phi) is 4.74. The van der Waals surface area contributed by atoms with Crippen molar-refractivity contribution in [1.82, 2.24) is 9.38 Å². The number of fused-ring (bicyclic) bond motifs is 1. The minimum absolute atomic E-state index is 0.00376. The van der Waals surface area contributed by atoms with Crippen LogP contribution in [0, 0.1) is 11.6 Å². The van der Waals surface area contributed by atoms with E-state index in [1.165, 1.54) is 46.9 Å². The van der Waals surface area contributed by atoms with Crippen LogP contribution in [0.25, 0.3) is 5.52 Å². The molecule has 0 spiro atoms. The number of carbonyl (C=O) groups excluding carboxylic acids is 2. The summed E-state index contributed by atoms with van der Waals surface area (Å²) in [6, 6.07) is 16.1. The Bertz CT molecular complexity index is 1240. The number of aromatic nitrogens is 2. The van der Waals surface area contributed by atoms with Crippen molar-refractivity contribution in [3.05, 3.63) is 96.1 Å². The lowest BCUT2D eigenvalue weighted by Gasteiger charge is -2.05. The molecule has 0 saturated carbocycles. The van der Waals surface area contributed by atoms with Crippen molar-refractivity contribution in [3.63, 3.8) is 0 Å². The normalized spacial score (nSPS) is 10.7. The number of pyridine rings is 1. The summed E-state index contributed by atoms with van der Waals surface area (Å²) in [6.45, 7) is 0. The van der Waals surface area contributed by atoms with Crippen LogP contribution in [0.2, 0.25) is 0 Å². The quantitative estimate of drug-likeness (QED) is 0.549. The van der Waals surface area contributed by atoms with Crippen molar-refractivity contribution in [1.29, 1.82) is 0 Å². The summed E-state index contributed by atoms with van der Waals surface area (Å²) in [6.07, 6.45) is 1.57. The van der Waals surface area contributed by atoms with Gasteiger partial charge in [-0.25, -0.2) is 13.8 Å². The number of para-hydroxylation sites is 1. The second-order valence-corrected chi connectivity index (χ2v) is 6.14. The molecule has 0 bridgehead atoms. The summed E-state index contributed by atoms with van der Waals surface area (Å²) in [4.78, 5) is 29.5. The first-order valence-electron chi connectivity index (χ1n) is 8.63. The Morgan fingerprint density at radius 2 is 1.66 bits per heavy atom. The van der Waals surface area contributed by atoms with Crippen LogP contribution in [0.1, 0.15) is 21.1 Å². The number of imidazole rings is 1. The van der Waals surface area contributed by atoms with Crippen LogP contribution in [0.3, 0.4) is 0 Å². The molecule has 6 nitrogen and oxygen atoms in total. The summed E-state index contributed by atoms with van der Waals surface area (Å²) in [5, 5.41) is 5.01. The van der Waals surface area contributed by atoms with E-state index < -0.39 is 23.4 Å². The van der Waals surface area contributed by atoms with Crippen LogP contribution in [-0.2, 0) is 0 Å². The lowest BCUT2D eigenvalue weighted by Crippen LogP contribution is -2.17. The van der Waals surface area contributed by atoms with Gasteiger partial charge in [-0.1, -0.05) is 24.3 Å². The fraction of sp³-hybridized carbons (Fsp3) is 0. The SMILES string of the molecule is O=C(Nc1cccc(F)c1)c1nc(C(=O)Nc2ccccc2F)n2ccccc12. The number of nitrogens with zero attached hydrogens (tertiary/aromatic N) is 2. The first kappa shape index (κ1) is 18.3. The van der Waals surface area contributed by atoms with Gasteiger partial charge in [0.2, 0.25) is 5.82 Å². The van der Waals surface area contributed by atoms with Gasteiger partial charge in [0, 0.05) is 11.9 Å². The average molecular weight is 392 g/mol. The van der Waals surface area contributed by atoms with Crippen LogP contribution in [-0.4, -0.2) is 21.2 Å². The number of anilines is 2. The molecular weight excluding hydrogens is 378 g/mol. The predicted octanol–water partition coefficient (Wildman–Crippen LogP) is 4.12. The highest BCUT2D eigenvalue weighted by Gasteiger charge is 2.22. The number of carbonyl (C=O) groups is 2. The van der Waals surface area contributed by atoms with Gasteiger partial charge in [0.15, 0.2) is 5.69 Å². The number of rotatable bonds is 4. The zero-order valence-corrected chi connectivity index (χ0v) is 14.9. The van der Waals surface area contributed by atoms with Gasteiger partial charge in [0.1, 0.15) is 11.6 Å². The van der Waals surface area contributed by atoms with Crippen molar-refractivity contribution in [2.24, 2.45) is 0 Å². The zero-order valence-electron chi connectivity index (χ0n) is 14.9. The Labute approximate surface area is 163 Å². The maximum Gasteiger partial charge on any atom is 0.292 e. The second kappa shape index (κ2) is 7.51. The molecule has 0 radical (unpaired) electrons. The van der Waals surface area contributed by atoms with E-state index in [4.69, 9.17) is 0 Å². The number of nitrogens with one attached hydrogen (secondary N) is 2. The molecule has 2 aromatic carbocycles. The van der Waals surface area contributed by atoms with Crippen molar-refractivity contribution in [2.45, 2.75) is 0 Å². The van der Waals surface area contributed by atoms with Crippen molar-refractivity contribution in [2.75, 3.05) is 10.6 Å². The standard InChI is InChI=1S/C21H14F2N4O2/c22-13-6-5-7-14(12-13)24-20(28)18-17-10-3-4-11-27(17)19(26-18)21(29)25-16-9-2-1-8-15(16)23/h1-12H,(H,24,28)(H,25,29). The first-order valence-corrected chi connectivity index (χ1v) is 8.63. The number of hydrogen-bond donors (Lipinski definition) is 2. The van der Waals surface area contributed by atoms with Gasteiger partial charge in [0.25, 0.3) is 11.8 Å². The van der Waals surface area contributed by atoms with E-state index in [0.29, 0.717) is 5.52 Å². The minimum atomic E-state index is -0.680. The molecule has 8 heteroatoms. The van der Waals surface area contributed by atoms with E-state index >= 15 is 0 Å². The van der Waals surface area contributed by atoms with Crippen LogP contribution >= 0.6 is 0 Å². The van der Waals surface area contributed by atoms with Gasteiger partial charge < -0.3 is 10.6 Å². The lowest BCUT2D eigenvalue weighted by atomic mass is 10.2. The van der Waals surface area contributed by atoms with E-state index in [1.54, 1.807) is 30.5 Å². The predicted molar refractivity (Wildman–Crippen MR) is 104 cm³/mol. The van der Waals surface area contributed by atoms with Gasteiger partial charge >= 0.3 is 0 Å². The summed E-state index contributed by atoms with van der Waals surface area (Å²) < 4.78 is 28.6. The third-order valence-electron chi connectivity index (χ3n) is 4.17. The zero-order chi connectivity index (χ0) is 20.4. The second-order valence-electron chi connectivity index (χ2n) is 6.14. The molecule has 2 amide bonds. The van der Waals surface area contributed by atoms with Crippen molar-refractivity contribution < 1.29 is 18.4 Å². The molecule has 0 fully saturated rings. The third-order valence-corrected chi connectivity index (χ3v) is 4.17. The lowest BCUT2D eigenvalue weighted by molar-refractivity contribution is 0.101. The highest BCUT2D eigenvalue weighted by Crippen LogP contribution is 2.18. The molecule has 144 valence electrons. The van der Waals surface area contributed by atoms with Gasteiger partial charge in [-0.05, 0) is 42.5 Å². The van der Waals surface area contributed by atoms with E-state index in [0.717, 1.165) is 0 Å². The first-order chi connectivity index (χ1) is 14.0. The monoisotopic (exact) mass is 392 g/mol. The molecule has 2 aromatic heterocycles. The summed E-state index contributed by atoms with van der Waals surface area (Å²) in [7, 11) is 0.